The van der Waals surface area contributed by atoms with Crippen molar-refractivity contribution >= 4 is 28.9 Å². The van der Waals surface area contributed by atoms with Crippen molar-refractivity contribution in [3.63, 3.8) is 0 Å². The number of amides is 2. The number of pyridine rings is 1. The molecule has 0 spiro atoms. The average Bonchev–Trinajstić information content (AvgIpc) is 3.46. The molecule has 3 aromatic heterocycles. The van der Waals surface area contributed by atoms with Crippen molar-refractivity contribution in [1.29, 1.82) is 0 Å². The number of hydrogen-bond acceptors (Lipinski definition) is 7. The Morgan fingerprint density at radius 1 is 1.02 bits per heavy atom. The van der Waals surface area contributed by atoms with Gasteiger partial charge >= 0.3 is 12.2 Å². The smallest absolute Gasteiger partial charge is 0.416 e. The second-order valence-electron chi connectivity index (χ2n) is 9.16. The SMILES string of the molecule is CNCCOc1ccc(C(F)(F)F)cc1NC(=O)Nc1cccc(-c2cn3ccnc3c(NCc3ccncc3)n2)c1. The van der Waals surface area contributed by atoms with Crippen LogP contribution in [0.25, 0.3) is 16.9 Å². The zero-order chi connectivity index (χ0) is 29.5. The standard InChI is InChI=1S/C29H27F3N8O2/c1-33-12-14-42-25-6-5-21(29(30,31)32)16-23(25)39-28(41)37-22-4-2-3-20(15-22)24-18-40-13-11-35-27(40)26(38-24)36-17-19-7-9-34-10-8-19/h2-11,13,15-16,18,33H,12,14,17H2,1H3,(H,36,38)(H2,37,39,41). The van der Waals surface area contributed by atoms with E-state index < -0.39 is 17.8 Å². The summed E-state index contributed by atoms with van der Waals surface area (Å²) < 4.78 is 47.4. The summed E-state index contributed by atoms with van der Waals surface area (Å²) in [5, 5.41) is 11.4. The van der Waals surface area contributed by atoms with Crippen LogP contribution < -0.4 is 26.0 Å². The molecule has 0 aliphatic carbocycles. The highest BCUT2D eigenvalue weighted by molar-refractivity contribution is 6.01. The van der Waals surface area contributed by atoms with Gasteiger partial charge in [0.25, 0.3) is 0 Å². The number of nitrogens with one attached hydrogen (secondary N) is 4. The van der Waals surface area contributed by atoms with Gasteiger partial charge in [-0.3, -0.25) is 4.98 Å². The Hall–Kier alpha value is -5.17. The van der Waals surface area contributed by atoms with Gasteiger partial charge in [-0.05, 0) is 55.1 Å². The summed E-state index contributed by atoms with van der Waals surface area (Å²) in [4.78, 5) is 26.1. The van der Waals surface area contributed by atoms with Crippen LogP contribution in [0.3, 0.4) is 0 Å². The third kappa shape index (κ3) is 6.93. The molecular formula is C29H27F3N8O2. The van der Waals surface area contributed by atoms with E-state index in [2.05, 4.69) is 31.2 Å². The fourth-order valence-electron chi connectivity index (χ4n) is 4.11. The number of likely N-dealkylation sites (N-methyl/N-ethyl adjacent to an activating group) is 1. The minimum Gasteiger partial charge on any atom is -0.490 e. The van der Waals surface area contributed by atoms with E-state index in [1.165, 1.54) is 6.07 Å². The molecule has 2 aromatic carbocycles. The van der Waals surface area contributed by atoms with Gasteiger partial charge in [0.1, 0.15) is 12.4 Å². The topological polar surface area (TPSA) is 118 Å². The second kappa shape index (κ2) is 12.6. The number of anilines is 3. The van der Waals surface area contributed by atoms with Gasteiger partial charge in [-0.1, -0.05) is 12.1 Å². The van der Waals surface area contributed by atoms with Crippen LogP contribution >= 0.6 is 0 Å². The molecule has 2 amide bonds. The lowest BCUT2D eigenvalue weighted by Crippen LogP contribution is -2.21. The number of benzene rings is 2. The zero-order valence-electron chi connectivity index (χ0n) is 22.4. The third-order valence-electron chi connectivity index (χ3n) is 6.16. The van der Waals surface area contributed by atoms with Crippen LogP contribution in [-0.4, -0.2) is 45.6 Å². The molecule has 4 N–H and O–H groups in total. The van der Waals surface area contributed by atoms with E-state index in [9.17, 15) is 18.0 Å². The van der Waals surface area contributed by atoms with Crippen LogP contribution in [-0.2, 0) is 12.7 Å². The van der Waals surface area contributed by atoms with Crippen molar-refractivity contribution in [2.75, 3.05) is 36.1 Å². The number of urea groups is 1. The molecule has 0 aliphatic rings. The summed E-state index contributed by atoms with van der Waals surface area (Å²) in [5.41, 5.74) is 2.38. The maximum Gasteiger partial charge on any atom is 0.416 e. The van der Waals surface area contributed by atoms with Crippen LogP contribution in [0.2, 0.25) is 0 Å². The lowest BCUT2D eigenvalue weighted by Gasteiger charge is -2.16. The molecule has 0 radical (unpaired) electrons. The van der Waals surface area contributed by atoms with Crippen molar-refractivity contribution in [3.8, 4) is 17.0 Å². The van der Waals surface area contributed by atoms with Gasteiger partial charge in [0.2, 0.25) is 0 Å². The summed E-state index contributed by atoms with van der Waals surface area (Å²) in [6.45, 7) is 1.19. The number of aromatic nitrogens is 4. The van der Waals surface area contributed by atoms with Gasteiger partial charge in [0.15, 0.2) is 11.5 Å². The fourth-order valence-corrected chi connectivity index (χ4v) is 4.11. The molecule has 3 heterocycles. The number of fused-ring (bicyclic) bond motifs is 1. The largest absolute Gasteiger partial charge is 0.490 e. The average molecular weight is 577 g/mol. The van der Waals surface area contributed by atoms with Crippen LogP contribution in [0.5, 0.6) is 5.75 Å². The lowest BCUT2D eigenvalue weighted by atomic mass is 10.1. The van der Waals surface area contributed by atoms with E-state index in [-0.39, 0.29) is 18.0 Å². The number of carbonyl (C=O) groups is 1. The summed E-state index contributed by atoms with van der Waals surface area (Å²) in [5.74, 6) is 0.688. The second-order valence-corrected chi connectivity index (χ2v) is 9.16. The van der Waals surface area contributed by atoms with Crippen LogP contribution in [0.1, 0.15) is 11.1 Å². The molecule has 0 unspecified atom stereocenters. The molecule has 5 rings (SSSR count). The summed E-state index contributed by atoms with van der Waals surface area (Å²) in [6.07, 6.45) is 4.14. The monoisotopic (exact) mass is 576 g/mol. The minimum atomic E-state index is -4.58. The van der Waals surface area contributed by atoms with Crippen LogP contribution in [0.4, 0.5) is 35.2 Å². The minimum absolute atomic E-state index is 0.105. The third-order valence-corrected chi connectivity index (χ3v) is 6.16. The number of ether oxygens (including phenoxy) is 1. The molecule has 0 saturated heterocycles. The summed E-state index contributed by atoms with van der Waals surface area (Å²) in [6, 6.07) is 13.0. The Balaban J connectivity index is 1.35. The normalized spacial score (nSPS) is 11.3. The van der Waals surface area contributed by atoms with E-state index in [1.54, 1.807) is 50.0 Å². The molecule has 0 aliphatic heterocycles. The highest BCUT2D eigenvalue weighted by Crippen LogP contribution is 2.35. The number of imidazole rings is 1. The molecular weight excluding hydrogens is 549 g/mol. The molecule has 13 heteroatoms. The number of nitrogens with zero attached hydrogens (tertiary/aromatic N) is 4. The predicted octanol–water partition coefficient (Wildman–Crippen LogP) is 5.66. The van der Waals surface area contributed by atoms with E-state index >= 15 is 0 Å². The van der Waals surface area contributed by atoms with Gasteiger partial charge in [-0.15, -0.1) is 0 Å². The van der Waals surface area contributed by atoms with Crippen molar-refractivity contribution in [3.05, 3.63) is 96.7 Å². The lowest BCUT2D eigenvalue weighted by molar-refractivity contribution is -0.137. The molecule has 216 valence electrons. The Kier molecular flexibility index (Phi) is 8.48. The quantitative estimate of drug-likeness (QED) is 0.158. The summed E-state index contributed by atoms with van der Waals surface area (Å²) >= 11 is 0. The van der Waals surface area contributed by atoms with Crippen LogP contribution in [0, 0.1) is 0 Å². The van der Waals surface area contributed by atoms with Gasteiger partial charge in [-0.25, -0.2) is 14.8 Å². The van der Waals surface area contributed by atoms with E-state index in [1.807, 2.05) is 28.8 Å². The Labute approximate surface area is 239 Å². The first kappa shape index (κ1) is 28.4. The Morgan fingerprint density at radius 2 is 1.86 bits per heavy atom. The highest BCUT2D eigenvalue weighted by atomic mass is 19.4. The maximum atomic E-state index is 13.3. The fraction of sp³-hybridized carbons (Fsp3) is 0.172. The van der Waals surface area contributed by atoms with Crippen molar-refractivity contribution in [1.82, 2.24) is 24.7 Å². The molecule has 0 saturated carbocycles. The molecule has 42 heavy (non-hydrogen) atoms. The highest BCUT2D eigenvalue weighted by Gasteiger charge is 2.31. The van der Waals surface area contributed by atoms with Crippen molar-refractivity contribution in [2.45, 2.75) is 12.7 Å². The number of halogens is 3. The zero-order valence-corrected chi connectivity index (χ0v) is 22.4. The van der Waals surface area contributed by atoms with Gasteiger partial charge in [-0.2, -0.15) is 13.2 Å². The van der Waals surface area contributed by atoms with E-state index in [0.717, 1.165) is 17.7 Å². The first-order valence-corrected chi connectivity index (χ1v) is 12.9. The first-order valence-electron chi connectivity index (χ1n) is 12.9. The number of alkyl halides is 3. The van der Waals surface area contributed by atoms with Gasteiger partial charge in [0.05, 0.1) is 16.9 Å². The van der Waals surface area contributed by atoms with Crippen molar-refractivity contribution in [2.24, 2.45) is 0 Å². The number of hydrogen-bond donors (Lipinski definition) is 4. The molecule has 0 bridgehead atoms. The Bertz CT molecular complexity index is 1680. The maximum absolute atomic E-state index is 13.3. The molecule has 0 fully saturated rings. The van der Waals surface area contributed by atoms with Crippen LogP contribution in [0.15, 0.2) is 85.6 Å². The predicted molar refractivity (Wildman–Crippen MR) is 153 cm³/mol. The van der Waals surface area contributed by atoms with Gasteiger partial charge < -0.3 is 30.4 Å². The first-order chi connectivity index (χ1) is 20.3. The number of carbonyl (C=O) groups excluding carboxylic acids is 1. The number of rotatable bonds is 10. The molecule has 10 nitrogen and oxygen atoms in total. The van der Waals surface area contributed by atoms with Gasteiger partial charge in [0, 0.05) is 55.3 Å². The Morgan fingerprint density at radius 3 is 2.64 bits per heavy atom. The van der Waals surface area contributed by atoms with E-state index in [4.69, 9.17) is 9.72 Å². The van der Waals surface area contributed by atoms with E-state index in [0.29, 0.717) is 41.5 Å². The van der Waals surface area contributed by atoms with Crippen molar-refractivity contribution < 1.29 is 22.7 Å². The molecule has 0 atom stereocenters. The molecule has 5 aromatic rings. The summed E-state index contributed by atoms with van der Waals surface area (Å²) in [7, 11) is 1.72.